The molecule has 0 atom stereocenters. The first-order valence-electron chi connectivity index (χ1n) is 6.16. The number of hydrogen-bond acceptors (Lipinski definition) is 4. The molecule has 0 spiro atoms. The van der Waals surface area contributed by atoms with E-state index in [1.165, 1.54) is 18.2 Å². The Kier molecular flexibility index (Phi) is 4.70. The summed E-state index contributed by atoms with van der Waals surface area (Å²) < 4.78 is 6.08. The average Bonchev–Trinajstić information content (AvgIpc) is 2.38. The molecule has 0 aliphatic carbocycles. The van der Waals surface area contributed by atoms with Crippen LogP contribution in [0.2, 0.25) is 0 Å². The molecular formula is C15H12BrNO4. The lowest BCUT2D eigenvalue weighted by atomic mass is 10.1. The minimum atomic E-state index is -0.470. The molecule has 2 aromatic rings. The van der Waals surface area contributed by atoms with Crippen molar-refractivity contribution in [2.24, 2.45) is 0 Å². The predicted molar refractivity (Wildman–Crippen MR) is 81.3 cm³/mol. The van der Waals surface area contributed by atoms with Crippen LogP contribution in [-0.4, -0.2) is 10.9 Å². The number of nitro groups is 1. The number of aryl methyl sites for hydroxylation is 1. The van der Waals surface area contributed by atoms with Gasteiger partial charge < -0.3 is 4.74 Å². The number of rotatable bonds is 4. The van der Waals surface area contributed by atoms with Crippen molar-refractivity contribution in [2.75, 3.05) is 0 Å². The number of nitrogens with zero attached hydrogens (tertiary/aromatic N) is 1. The van der Waals surface area contributed by atoms with E-state index in [1.807, 2.05) is 24.3 Å². The average molecular weight is 350 g/mol. The molecule has 5 nitrogen and oxygen atoms in total. The monoisotopic (exact) mass is 349 g/mol. The molecule has 0 amide bonds. The maximum atomic E-state index is 11.9. The number of esters is 1. The first kappa shape index (κ1) is 15.2. The van der Waals surface area contributed by atoms with Gasteiger partial charge in [-0.1, -0.05) is 28.1 Å². The minimum Gasteiger partial charge on any atom is -0.426 e. The SMILES string of the molecule is Cc1cc(OC(=O)Cc2cccc(Br)c2)ccc1[N+](=O)[O-]. The Morgan fingerprint density at radius 2 is 2.05 bits per heavy atom. The molecule has 0 N–H and O–H groups in total. The molecule has 0 heterocycles. The highest BCUT2D eigenvalue weighted by atomic mass is 79.9. The van der Waals surface area contributed by atoms with E-state index in [2.05, 4.69) is 15.9 Å². The quantitative estimate of drug-likeness (QED) is 0.364. The summed E-state index contributed by atoms with van der Waals surface area (Å²) >= 11 is 3.33. The van der Waals surface area contributed by atoms with Gasteiger partial charge in [0.15, 0.2) is 0 Å². The van der Waals surface area contributed by atoms with Crippen LogP contribution in [0.5, 0.6) is 5.75 Å². The fraction of sp³-hybridized carbons (Fsp3) is 0.133. The highest BCUT2D eigenvalue weighted by Crippen LogP contribution is 2.23. The summed E-state index contributed by atoms with van der Waals surface area (Å²) in [6.45, 7) is 1.60. The minimum absolute atomic E-state index is 0.00166. The van der Waals surface area contributed by atoms with Crippen LogP contribution in [0.1, 0.15) is 11.1 Å². The van der Waals surface area contributed by atoms with Gasteiger partial charge in [0.2, 0.25) is 0 Å². The van der Waals surface area contributed by atoms with Crippen molar-refractivity contribution in [1.29, 1.82) is 0 Å². The molecule has 0 saturated carbocycles. The van der Waals surface area contributed by atoms with Gasteiger partial charge in [0.05, 0.1) is 11.3 Å². The van der Waals surface area contributed by atoms with Gasteiger partial charge in [-0.25, -0.2) is 0 Å². The number of carbonyl (C=O) groups excluding carboxylic acids is 1. The maximum absolute atomic E-state index is 11.9. The topological polar surface area (TPSA) is 69.4 Å². The van der Waals surface area contributed by atoms with Crippen molar-refractivity contribution in [3.63, 3.8) is 0 Å². The van der Waals surface area contributed by atoms with E-state index in [1.54, 1.807) is 6.92 Å². The number of nitro benzene ring substituents is 1. The lowest BCUT2D eigenvalue weighted by molar-refractivity contribution is -0.385. The molecule has 2 rings (SSSR count). The summed E-state index contributed by atoms with van der Waals surface area (Å²) in [5.74, 6) is -0.112. The van der Waals surface area contributed by atoms with Gasteiger partial charge in [0.1, 0.15) is 5.75 Å². The van der Waals surface area contributed by atoms with Gasteiger partial charge >= 0.3 is 5.97 Å². The zero-order valence-electron chi connectivity index (χ0n) is 11.2. The number of halogens is 1. The number of benzene rings is 2. The second-order valence-corrected chi connectivity index (χ2v) is 5.40. The smallest absolute Gasteiger partial charge is 0.315 e. The highest BCUT2D eigenvalue weighted by molar-refractivity contribution is 9.10. The van der Waals surface area contributed by atoms with Crippen molar-refractivity contribution in [3.8, 4) is 5.75 Å². The molecule has 108 valence electrons. The molecule has 2 aromatic carbocycles. The predicted octanol–water partition coefficient (Wildman–Crippen LogP) is 3.81. The Labute approximate surface area is 129 Å². The Balaban J connectivity index is 2.06. The molecule has 0 aliphatic rings. The summed E-state index contributed by atoms with van der Waals surface area (Å²) in [6.07, 6.45) is 0.134. The molecule has 0 fully saturated rings. The third-order valence-corrected chi connectivity index (χ3v) is 3.33. The first-order valence-corrected chi connectivity index (χ1v) is 6.95. The number of hydrogen-bond donors (Lipinski definition) is 0. The van der Waals surface area contributed by atoms with E-state index in [0.29, 0.717) is 11.3 Å². The van der Waals surface area contributed by atoms with Crippen LogP contribution in [0.3, 0.4) is 0 Å². The second kappa shape index (κ2) is 6.49. The van der Waals surface area contributed by atoms with E-state index in [-0.39, 0.29) is 12.1 Å². The molecule has 21 heavy (non-hydrogen) atoms. The zero-order valence-corrected chi connectivity index (χ0v) is 12.8. The van der Waals surface area contributed by atoms with E-state index in [9.17, 15) is 14.9 Å². The van der Waals surface area contributed by atoms with Crippen LogP contribution < -0.4 is 4.74 Å². The summed E-state index contributed by atoms with van der Waals surface area (Å²) in [4.78, 5) is 22.1. The fourth-order valence-electron chi connectivity index (χ4n) is 1.88. The van der Waals surface area contributed by atoms with Crippen molar-refractivity contribution in [2.45, 2.75) is 13.3 Å². The van der Waals surface area contributed by atoms with Crippen LogP contribution in [0.25, 0.3) is 0 Å². The summed E-state index contributed by atoms with van der Waals surface area (Å²) in [5.41, 5.74) is 1.28. The highest BCUT2D eigenvalue weighted by Gasteiger charge is 2.13. The molecule has 0 bridgehead atoms. The molecular weight excluding hydrogens is 338 g/mol. The standard InChI is InChI=1S/C15H12BrNO4/c1-10-7-13(5-6-14(10)17(19)20)21-15(18)9-11-3-2-4-12(16)8-11/h2-8H,9H2,1H3. The van der Waals surface area contributed by atoms with E-state index in [0.717, 1.165) is 10.0 Å². The molecule has 0 saturated heterocycles. The third-order valence-electron chi connectivity index (χ3n) is 2.83. The van der Waals surface area contributed by atoms with Gasteiger partial charge in [-0.05, 0) is 36.8 Å². The maximum Gasteiger partial charge on any atom is 0.315 e. The van der Waals surface area contributed by atoms with Gasteiger partial charge in [-0.3, -0.25) is 14.9 Å². The lowest BCUT2D eigenvalue weighted by Crippen LogP contribution is -2.11. The largest absolute Gasteiger partial charge is 0.426 e. The molecule has 0 unspecified atom stereocenters. The van der Waals surface area contributed by atoms with Crippen molar-refractivity contribution >= 4 is 27.6 Å². The zero-order chi connectivity index (χ0) is 15.4. The van der Waals surface area contributed by atoms with Gasteiger partial charge in [0.25, 0.3) is 5.69 Å². The van der Waals surface area contributed by atoms with Crippen molar-refractivity contribution < 1.29 is 14.5 Å². The van der Waals surface area contributed by atoms with Gasteiger partial charge in [-0.15, -0.1) is 0 Å². The molecule has 6 heteroatoms. The number of carbonyl (C=O) groups is 1. The van der Waals surface area contributed by atoms with Gasteiger partial charge in [0, 0.05) is 16.1 Å². The normalized spacial score (nSPS) is 10.2. The van der Waals surface area contributed by atoms with Crippen molar-refractivity contribution in [1.82, 2.24) is 0 Å². The summed E-state index contributed by atoms with van der Waals surface area (Å²) in [5, 5.41) is 10.7. The molecule has 0 aliphatic heterocycles. The molecule has 0 radical (unpaired) electrons. The van der Waals surface area contributed by atoms with E-state index >= 15 is 0 Å². The Bertz CT molecular complexity index is 700. The van der Waals surface area contributed by atoms with E-state index < -0.39 is 10.9 Å². The third kappa shape index (κ3) is 4.13. The van der Waals surface area contributed by atoms with Crippen molar-refractivity contribution in [3.05, 3.63) is 68.2 Å². The summed E-state index contributed by atoms with van der Waals surface area (Å²) in [6, 6.07) is 11.6. The first-order chi connectivity index (χ1) is 9.95. The Morgan fingerprint density at radius 1 is 1.29 bits per heavy atom. The van der Waals surface area contributed by atoms with Crippen LogP contribution in [-0.2, 0) is 11.2 Å². The molecule has 0 aromatic heterocycles. The fourth-order valence-corrected chi connectivity index (χ4v) is 2.32. The van der Waals surface area contributed by atoms with E-state index in [4.69, 9.17) is 4.74 Å². The van der Waals surface area contributed by atoms with Crippen LogP contribution in [0.15, 0.2) is 46.9 Å². The lowest BCUT2D eigenvalue weighted by Gasteiger charge is -2.06. The van der Waals surface area contributed by atoms with Crippen LogP contribution >= 0.6 is 15.9 Å². The van der Waals surface area contributed by atoms with Crippen LogP contribution in [0.4, 0.5) is 5.69 Å². The van der Waals surface area contributed by atoms with Crippen LogP contribution in [0, 0.1) is 17.0 Å². The summed E-state index contributed by atoms with van der Waals surface area (Å²) in [7, 11) is 0. The number of ether oxygens (including phenoxy) is 1. The second-order valence-electron chi connectivity index (χ2n) is 4.49. The Hall–Kier alpha value is -2.21. The van der Waals surface area contributed by atoms with Gasteiger partial charge in [-0.2, -0.15) is 0 Å². The Morgan fingerprint density at radius 3 is 2.67 bits per heavy atom.